The molecule has 0 radical (unpaired) electrons. The van der Waals surface area contributed by atoms with Crippen molar-refractivity contribution in [3.8, 4) is 0 Å². The zero-order valence-electron chi connectivity index (χ0n) is 13.3. The second-order valence-electron chi connectivity index (χ2n) is 6.41. The first-order valence-corrected chi connectivity index (χ1v) is 8.71. The van der Waals surface area contributed by atoms with Gasteiger partial charge in [0.1, 0.15) is 11.6 Å². The molecule has 0 bridgehead atoms. The van der Waals surface area contributed by atoms with Crippen LogP contribution in [0.4, 0.5) is 8.78 Å². The largest absolute Gasteiger partial charge is 0.347 e. The van der Waals surface area contributed by atoms with E-state index in [1.54, 1.807) is 6.92 Å². The van der Waals surface area contributed by atoms with Crippen molar-refractivity contribution in [3.05, 3.63) is 69.7 Å². The summed E-state index contributed by atoms with van der Waals surface area (Å²) in [6.07, 6.45) is 1.96. The average molecular weight is 394 g/mol. The average Bonchev–Trinajstić information content (AvgIpc) is 3.27. The molecular formula is C19H18BrF2NO. The van der Waals surface area contributed by atoms with Crippen molar-refractivity contribution in [3.63, 3.8) is 0 Å². The first-order chi connectivity index (χ1) is 11.4. The molecule has 1 aliphatic carbocycles. The van der Waals surface area contributed by atoms with Crippen LogP contribution in [0.2, 0.25) is 0 Å². The number of carbonyl (C=O) groups is 1. The summed E-state index contributed by atoms with van der Waals surface area (Å²) >= 11 is 3.45. The van der Waals surface area contributed by atoms with Crippen LogP contribution in [0.1, 0.15) is 43.2 Å². The lowest BCUT2D eigenvalue weighted by Crippen LogP contribution is -2.35. The van der Waals surface area contributed by atoms with Crippen molar-refractivity contribution in [1.29, 1.82) is 0 Å². The topological polar surface area (TPSA) is 29.1 Å². The van der Waals surface area contributed by atoms with Crippen LogP contribution < -0.4 is 5.32 Å². The van der Waals surface area contributed by atoms with Crippen LogP contribution in [0.25, 0.3) is 0 Å². The molecule has 1 unspecified atom stereocenters. The predicted molar refractivity (Wildman–Crippen MR) is 92.6 cm³/mol. The lowest BCUT2D eigenvalue weighted by Gasteiger charge is -2.20. The van der Waals surface area contributed by atoms with Gasteiger partial charge in [-0.05, 0) is 48.1 Å². The first-order valence-electron chi connectivity index (χ1n) is 7.92. The normalized spacial score (nSPS) is 16.5. The standard InChI is InChI=1S/C19H18BrF2NO/c1-12(16-6-5-15(21)11-17(16)22)9-18(24)23-19(7-8-19)13-3-2-4-14(20)10-13/h2-6,10-12H,7-9H2,1H3,(H,23,24). The Bertz CT molecular complexity index is 774. The lowest BCUT2D eigenvalue weighted by atomic mass is 9.96. The molecule has 0 saturated heterocycles. The van der Waals surface area contributed by atoms with Crippen molar-refractivity contribution in [2.45, 2.75) is 37.6 Å². The van der Waals surface area contributed by atoms with Gasteiger partial charge in [-0.15, -0.1) is 0 Å². The number of nitrogens with one attached hydrogen (secondary N) is 1. The molecule has 126 valence electrons. The van der Waals surface area contributed by atoms with E-state index in [1.165, 1.54) is 12.1 Å². The Morgan fingerprint density at radius 1 is 1.25 bits per heavy atom. The summed E-state index contributed by atoms with van der Waals surface area (Å²) in [7, 11) is 0. The van der Waals surface area contributed by atoms with Gasteiger partial charge in [-0.3, -0.25) is 4.79 Å². The number of hydrogen-bond acceptors (Lipinski definition) is 1. The third-order valence-corrected chi connectivity index (χ3v) is 4.98. The van der Waals surface area contributed by atoms with Crippen LogP contribution >= 0.6 is 15.9 Å². The van der Waals surface area contributed by atoms with Gasteiger partial charge in [-0.2, -0.15) is 0 Å². The Hall–Kier alpha value is -1.75. The Morgan fingerprint density at radius 2 is 2.00 bits per heavy atom. The lowest BCUT2D eigenvalue weighted by molar-refractivity contribution is -0.122. The highest BCUT2D eigenvalue weighted by atomic mass is 79.9. The molecule has 0 heterocycles. The van der Waals surface area contributed by atoms with Gasteiger partial charge in [0.25, 0.3) is 0 Å². The van der Waals surface area contributed by atoms with Crippen molar-refractivity contribution in [2.75, 3.05) is 0 Å². The Morgan fingerprint density at radius 3 is 2.62 bits per heavy atom. The zero-order valence-corrected chi connectivity index (χ0v) is 14.9. The quantitative estimate of drug-likeness (QED) is 0.758. The molecule has 0 aromatic heterocycles. The molecule has 3 rings (SSSR count). The molecule has 1 amide bonds. The summed E-state index contributed by atoms with van der Waals surface area (Å²) in [6, 6.07) is 11.4. The maximum Gasteiger partial charge on any atom is 0.221 e. The van der Waals surface area contributed by atoms with Crippen molar-refractivity contribution in [2.24, 2.45) is 0 Å². The van der Waals surface area contributed by atoms with E-state index >= 15 is 0 Å². The Kier molecular flexibility index (Phi) is 4.72. The molecule has 1 N–H and O–H groups in total. The van der Waals surface area contributed by atoms with Gasteiger partial charge in [0.15, 0.2) is 0 Å². The monoisotopic (exact) mass is 393 g/mol. The van der Waals surface area contributed by atoms with E-state index in [1.807, 2.05) is 24.3 Å². The Labute approximate surface area is 148 Å². The van der Waals surface area contributed by atoms with E-state index in [-0.39, 0.29) is 23.8 Å². The maximum absolute atomic E-state index is 13.8. The third-order valence-electron chi connectivity index (χ3n) is 4.49. The van der Waals surface area contributed by atoms with E-state index in [0.29, 0.717) is 5.56 Å². The van der Waals surface area contributed by atoms with Crippen LogP contribution in [0, 0.1) is 11.6 Å². The SMILES string of the molecule is CC(CC(=O)NC1(c2cccc(Br)c2)CC1)c1ccc(F)cc1F. The number of carbonyl (C=O) groups excluding carboxylic acids is 1. The van der Waals surface area contributed by atoms with E-state index in [2.05, 4.69) is 21.2 Å². The number of amides is 1. The highest BCUT2D eigenvalue weighted by Gasteiger charge is 2.45. The molecule has 0 aliphatic heterocycles. The Balaban J connectivity index is 1.67. The fraction of sp³-hybridized carbons (Fsp3) is 0.316. The predicted octanol–water partition coefficient (Wildman–Crippen LogP) is 5.03. The van der Waals surface area contributed by atoms with E-state index < -0.39 is 11.6 Å². The number of rotatable bonds is 5. The molecule has 2 nitrogen and oxygen atoms in total. The van der Waals surface area contributed by atoms with Gasteiger partial charge in [0.2, 0.25) is 5.91 Å². The van der Waals surface area contributed by atoms with Gasteiger partial charge < -0.3 is 5.32 Å². The van der Waals surface area contributed by atoms with Crippen LogP contribution in [-0.2, 0) is 10.3 Å². The van der Waals surface area contributed by atoms with Gasteiger partial charge >= 0.3 is 0 Å². The minimum absolute atomic E-state index is 0.122. The van der Waals surface area contributed by atoms with Crippen LogP contribution in [0.5, 0.6) is 0 Å². The number of halogens is 3. The molecule has 1 fully saturated rings. The molecule has 2 aromatic rings. The van der Waals surface area contributed by atoms with E-state index in [0.717, 1.165) is 28.9 Å². The minimum Gasteiger partial charge on any atom is -0.347 e. The molecule has 0 spiro atoms. The van der Waals surface area contributed by atoms with Crippen molar-refractivity contribution in [1.82, 2.24) is 5.32 Å². The molecular weight excluding hydrogens is 376 g/mol. The summed E-state index contributed by atoms with van der Waals surface area (Å²) in [5.74, 6) is -1.66. The smallest absolute Gasteiger partial charge is 0.221 e. The molecule has 5 heteroatoms. The first kappa shape index (κ1) is 17.1. The summed E-state index contributed by atoms with van der Waals surface area (Å²) < 4.78 is 27.8. The number of benzene rings is 2. The summed E-state index contributed by atoms with van der Waals surface area (Å²) in [4.78, 5) is 12.4. The summed E-state index contributed by atoms with van der Waals surface area (Å²) in [6.45, 7) is 1.77. The molecule has 24 heavy (non-hydrogen) atoms. The highest BCUT2D eigenvalue weighted by Crippen LogP contribution is 2.46. The van der Waals surface area contributed by atoms with Gasteiger partial charge in [0, 0.05) is 17.0 Å². The van der Waals surface area contributed by atoms with Gasteiger partial charge in [-0.1, -0.05) is 41.1 Å². The zero-order chi connectivity index (χ0) is 17.3. The molecule has 1 aliphatic rings. The maximum atomic E-state index is 13.8. The van der Waals surface area contributed by atoms with Crippen molar-refractivity contribution >= 4 is 21.8 Å². The van der Waals surface area contributed by atoms with Crippen LogP contribution in [-0.4, -0.2) is 5.91 Å². The van der Waals surface area contributed by atoms with Gasteiger partial charge in [-0.25, -0.2) is 8.78 Å². The fourth-order valence-electron chi connectivity index (χ4n) is 3.00. The van der Waals surface area contributed by atoms with Crippen LogP contribution in [0.15, 0.2) is 46.9 Å². The second kappa shape index (κ2) is 6.63. The minimum atomic E-state index is -0.612. The highest BCUT2D eigenvalue weighted by molar-refractivity contribution is 9.10. The molecule has 1 atom stereocenters. The summed E-state index contributed by atoms with van der Waals surface area (Å²) in [5.41, 5.74) is 1.13. The van der Waals surface area contributed by atoms with Gasteiger partial charge in [0.05, 0.1) is 5.54 Å². The third kappa shape index (κ3) is 3.66. The second-order valence-corrected chi connectivity index (χ2v) is 7.33. The molecule has 1 saturated carbocycles. The summed E-state index contributed by atoms with van der Waals surface area (Å²) in [5, 5.41) is 3.09. The molecule has 2 aromatic carbocycles. The van der Waals surface area contributed by atoms with Crippen molar-refractivity contribution < 1.29 is 13.6 Å². The number of hydrogen-bond donors (Lipinski definition) is 1. The van der Waals surface area contributed by atoms with Crippen LogP contribution in [0.3, 0.4) is 0 Å². The fourth-order valence-corrected chi connectivity index (χ4v) is 3.40. The van der Waals surface area contributed by atoms with E-state index in [9.17, 15) is 13.6 Å². The van der Waals surface area contributed by atoms with E-state index in [4.69, 9.17) is 0 Å².